The van der Waals surface area contributed by atoms with Crippen molar-refractivity contribution in [2.75, 3.05) is 13.2 Å². The number of hydrogen-bond acceptors (Lipinski definition) is 4. The first-order chi connectivity index (χ1) is 8.52. The van der Waals surface area contributed by atoms with E-state index in [1.165, 1.54) is 0 Å². The molecule has 106 valence electrons. The average Bonchev–Trinajstić information content (AvgIpc) is 2.34. The number of amides is 1. The van der Waals surface area contributed by atoms with Gasteiger partial charge in [-0.2, -0.15) is 0 Å². The summed E-state index contributed by atoms with van der Waals surface area (Å²) in [6.07, 6.45) is 3.23. The van der Waals surface area contributed by atoms with Crippen molar-refractivity contribution in [3.8, 4) is 0 Å². The lowest BCUT2D eigenvalue weighted by Crippen LogP contribution is -2.48. The Morgan fingerprint density at radius 2 is 1.78 bits per heavy atom. The van der Waals surface area contributed by atoms with Crippen molar-refractivity contribution < 1.29 is 14.3 Å². The highest BCUT2D eigenvalue weighted by molar-refractivity contribution is 5.82. The third kappa shape index (κ3) is 7.27. The number of ether oxygens (including phenoxy) is 1. The second-order valence-corrected chi connectivity index (χ2v) is 4.36. The Hall–Kier alpha value is -1.10. The molecule has 2 atom stereocenters. The number of carbonyl (C=O) groups excluding carboxylic acids is 2. The molecular formula is C13H26N2O3. The van der Waals surface area contributed by atoms with Crippen molar-refractivity contribution >= 4 is 11.9 Å². The largest absolute Gasteiger partial charge is 0.465 e. The molecule has 0 bridgehead atoms. The summed E-state index contributed by atoms with van der Waals surface area (Å²) in [5.41, 5.74) is 0. The molecule has 5 nitrogen and oxygen atoms in total. The van der Waals surface area contributed by atoms with Gasteiger partial charge in [0.1, 0.15) is 6.04 Å². The summed E-state index contributed by atoms with van der Waals surface area (Å²) >= 11 is 0. The van der Waals surface area contributed by atoms with E-state index in [-0.39, 0.29) is 11.9 Å². The minimum absolute atomic E-state index is 0.0812. The third-order valence-electron chi connectivity index (χ3n) is 2.61. The van der Waals surface area contributed by atoms with Gasteiger partial charge in [-0.3, -0.25) is 14.9 Å². The van der Waals surface area contributed by atoms with Crippen LogP contribution in [-0.4, -0.2) is 37.1 Å². The van der Waals surface area contributed by atoms with Gasteiger partial charge in [-0.15, -0.1) is 0 Å². The van der Waals surface area contributed by atoms with E-state index < -0.39 is 12.1 Å². The summed E-state index contributed by atoms with van der Waals surface area (Å²) in [6.45, 7) is 8.35. The number of carbonyl (C=O) groups is 2. The first kappa shape index (κ1) is 16.9. The van der Waals surface area contributed by atoms with Gasteiger partial charge in [0.25, 0.3) is 0 Å². The molecule has 0 rings (SSSR count). The van der Waals surface area contributed by atoms with Gasteiger partial charge in [0.15, 0.2) is 0 Å². The van der Waals surface area contributed by atoms with Gasteiger partial charge in [-0.1, -0.05) is 19.8 Å². The molecule has 0 aliphatic heterocycles. The normalized spacial score (nSPS) is 13.8. The monoisotopic (exact) mass is 258 g/mol. The Bertz CT molecular complexity index is 257. The van der Waals surface area contributed by atoms with E-state index in [9.17, 15) is 9.59 Å². The molecule has 0 aromatic heterocycles. The van der Waals surface area contributed by atoms with Crippen LogP contribution >= 0.6 is 0 Å². The molecule has 0 radical (unpaired) electrons. The van der Waals surface area contributed by atoms with Crippen molar-refractivity contribution in [2.45, 2.75) is 59.0 Å². The lowest BCUT2D eigenvalue weighted by Gasteiger charge is -2.18. The standard InChI is InChI=1S/C13H26N2O3/c1-5-7-8-9-14-12(16)10(3)15-11(4)13(17)18-6-2/h10-11,15H,5-9H2,1-4H3,(H,14,16). The van der Waals surface area contributed by atoms with Crippen LogP contribution in [0.2, 0.25) is 0 Å². The summed E-state index contributed by atoms with van der Waals surface area (Å²) < 4.78 is 4.86. The topological polar surface area (TPSA) is 67.4 Å². The molecule has 0 saturated heterocycles. The fourth-order valence-electron chi connectivity index (χ4n) is 1.53. The molecule has 0 aromatic carbocycles. The maximum Gasteiger partial charge on any atom is 0.322 e. The molecular weight excluding hydrogens is 232 g/mol. The van der Waals surface area contributed by atoms with Crippen molar-refractivity contribution in [3.63, 3.8) is 0 Å². The fraction of sp³-hybridized carbons (Fsp3) is 0.846. The number of esters is 1. The minimum atomic E-state index is -0.471. The van der Waals surface area contributed by atoms with E-state index in [2.05, 4.69) is 17.6 Å². The Morgan fingerprint density at radius 3 is 2.33 bits per heavy atom. The molecule has 0 saturated carbocycles. The SMILES string of the molecule is CCCCCNC(=O)C(C)NC(C)C(=O)OCC. The fourth-order valence-corrected chi connectivity index (χ4v) is 1.53. The molecule has 0 spiro atoms. The molecule has 0 aliphatic rings. The van der Waals surface area contributed by atoms with Crippen LogP contribution in [0.3, 0.4) is 0 Å². The van der Waals surface area contributed by atoms with Gasteiger partial charge < -0.3 is 10.1 Å². The molecule has 1 amide bonds. The number of unbranched alkanes of at least 4 members (excludes halogenated alkanes) is 2. The van der Waals surface area contributed by atoms with Crippen molar-refractivity contribution in [2.24, 2.45) is 0 Å². The molecule has 5 heteroatoms. The van der Waals surface area contributed by atoms with Gasteiger partial charge in [0.05, 0.1) is 12.6 Å². The molecule has 0 heterocycles. The maximum absolute atomic E-state index is 11.7. The minimum Gasteiger partial charge on any atom is -0.465 e. The molecule has 0 aliphatic carbocycles. The second-order valence-electron chi connectivity index (χ2n) is 4.36. The van der Waals surface area contributed by atoms with Crippen LogP contribution in [0.1, 0.15) is 47.0 Å². The smallest absolute Gasteiger partial charge is 0.322 e. The van der Waals surface area contributed by atoms with Crippen LogP contribution in [0.5, 0.6) is 0 Å². The molecule has 18 heavy (non-hydrogen) atoms. The lowest BCUT2D eigenvalue weighted by atomic mass is 10.2. The lowest BCUT2D eigenvalue weighted by molar-refractivity contribution is -0.145. The zero-order valence-corrected chi connectivity index (χ0v) is 11.9. The van der Waals surface area contributed by atoms with Crippen LogP contribution in [0.4, 0.5) is 0 Å². The predicted octanol–water partition coefficient (Wildman–Crippen LogP) is 1.22. The first-order valence-corrected chi connectivity index (χ1v) is 6.73. The Morgan fingerprint density at radius 1 is 1.11 bits per heavy atom. The van der Waals surface area contributed by atoms with Crippen molar-refractivity contribution in [1.29, 1.82) is 0 Å². The summed E-state index contributed by atoms with van der Waals surface area (Å²) in [5, 5.41) is 5.76. The summed E-state index contributed by atoms with van der Waals surface area (Å²) in [6, 6.07) is -0.868. The van der Waals surface area contributed by atoms with Crippen LogP contribution in [-0.2, 0) is 14.3 Å². The van der Waals surface area contributed by atoms with E-state index in [1.54, 1.807) is 20.8 Å². The molecule has 0 aromatic rings. The van der Waals surface area contributed by atoms with Crippen LogP contribution in [0.25, 0.3) is 0 Å². The average molecular weight is 258 g/mol. The van der Waals surface area contributed by atoms with E-state index in [0.717, 1.165) is 19.3 Å². The molecule has 2 N–H and O–H groups in total. The molecule has 0 fully saturated rings. The quantitative estimate of drug-likeness (QED) is 0.482. The molecule has 2 unspecified atom stereocenters. The Balaban J connectivity index is 3.88. The van der Waals surface area contributed by atoms with E-state index >= 15 is 0 Å². The highest BCUT2D eigenvalue weighted by atomic mass is 16.5. The summed E-state index contributed by atoms with van der Waals surface area (Å²) in [7, 11) is 0. The first-order valence-electron chi connectivity index (χ1n) is 6.73. The van der Waals surface area contributed by atoms with Crippen molar-refractivity contribution in [3.05, 3.63) is 0 Å². The van der Waals surface area contributed by atoms with E-state index in [0.29, 0.717) is 13.2 Å². The van der Waals surface area contributed by atoms with E-state index in [4.69, 9.17) is 4.74 Å². The van der Waals surface area contributed by atoms with Gasteiger partial charge in [-0.05, 0) is 27.2 Å². The Kier molecular flexibility index (Phi) is 9.28. The summed E-state index contributed by atoms with van der Waals surface area (Å²) in [4.78, 5) is 23.1. The summed E-state index contributed by atoms with van der Waals surface area (Å²) in [5.74, 6) is -0.412. The zero-order valence-electron chi connectivity index (χ0n) is 11.9. The third-order valence-corrected chi connectivity index (χ3v) is 2.61. The Labute approximate surface area is 110 Å². The number of rotatable bonds is 9. The van der Waals surface area contributed by atoms with Crippen LogP contribution in [0, 0.1) is 0 Å². The van der Waals surface area contributed by atoms with Gasteiger partial charge >= 0.3 is 5.97 Å². The zero-order chi connectivity index (χ0) is 14.0. The highest BCUT2D eigenvalue weighted by Crippen LogP contribution is 1.94. The van der Waals surface area contributed by atoms with E-state index in [1.807, 2.05) is 0 Å². The number of hydrogen-bond donors (Lipinski definition) is 2. The van der Waals surface area contributed by atoms with Gasteiger partial charge in [0, 0.05) is 6.54 Å². The second kappa shape index (κ2) is 9.88. The van der Waals surface area contributed by atoms with Crippen LogP contribution < -0.4 is 10.6 Å². The van der Waals surface area contributed by atoms with Gasteiger partial charge in [-0.25, -0.2) is 0 Å². The van der Waals surface area contributed by atoms with Crippen molar-refractivity contribution in [1.82, 2.24) is 10.6 Å². The maximum atomic E-state index is 11.7. The predicted molar refractivity (Wildman–Crippen MR) is 71.2 cm³/mol. The van der Waals surface area contributed by atoms with Crippen LogP contribution in [0.15, 0.2) is 0 Å². The highest BCUT2D eigenvalue weighted by Gasteiger charge is 2.20. The number of nitrogens with one attached hydrogen (secondary N) is 2. The van der Waals surface area contributed by atoms with Gasteiger partial charge in [0.2, 0.25) is 5.91 Å².